The summed E-state index contributed by atoms with van der Waals surface area (Å²) in [7, 11) is 0. The van der Waals surface area contributed by atoms with Gasteiger partial charge in [-0.25, -0.2) is 0 Å². The van der Waals surface area contributed by atoms with Gasteiger partial charge in [0.05, 0.1) is 0 Å². The lowest BCUT2D eigenvalue weighted by Crippen LogP contribution is -2.35. The van der Waals surface area contributed by atoms with Gasteiger partial charge in [-0.05, 0) is 61.6 Å². The number of benzene rings is 1. The number of nitrogens with zero attached hydrogens (tertiary/aromatic N) is 2. The average molecular weight is 334 g/mol. The molecular formula is C16H20BrN3. The fourth-order valence-corrected chi connectivity index (χ4v) is 3.29. The van der Waals surface area contributed by atoms with Crippen LogP contribution in [0.3, 0.4) is 0 Å². The van der Waals surface area contributed by atoms with E-state index >= 15 is 0 Å². The van der Waals surface area contributed by atoms with E-state index in [0.29, 0.717) is 6.04 Å². The highest BCUT2D eigenvalue weighted by atomic mass is 79.9. The summed E-state index contributed by atoms with van der Waals surface area (Å²) in [6.07, 6.45) is 8.57. The lowest BCUT2D eigenvalue weighted by atomic mass is 9.88. The third-order valence-electron chi connectivity index (χ3n) is 3.95. The third-order valence-corrected chi connectivity index (χ3v) is 4.45. The zero-order chi connectivity index (χ0) is 13.8. The van der Waals surface area contributed by atoms with E-state index in [1.165, 1.54) is 28.4 Å². The lowest BCUT2D eigenvalue weighted by Gasteiger charge is -2.25. The molecule has 1 aliphatic rings. The van der Waals surface area contributed by atoms with Gasteiger partial charge in [0.2, 0.25) is 0 Å². The lowest BCUT2D eigenvalue weighted by molar-refractivity contribution is 0.439. The number of fused-ring (bicyclic) bond motifs is 1. The predicted molar refractivity (Wildman–Crippen MR) is 84.8 cm³/mol. The molecule has 0 bridgehead atoms. The van der Waals surface area contributed by atoms with Gasteiger partial charge in [0, 0.05) is 29.5 Å². The minimum atomic E-state index is 0.626. The normalized spacial score (nSPS) is 17.9. The van der Waals surface area contributed by atoms with Gasteiger partial charge in [-0.3, -0.25) is 4.68 Å². The average Bonchev–Trinajstić information content (AvgIpc) is 2.97. The summed E-state index contributed by atoms with van der Waals surface area (Å²) in [6, 6.07) is 9.28. The van der Waals surface area contributed by atoms with Crippen LogP contribution in [0.4, 0.5) is 0 Å². The van der Waals surface area contributed by atoms with Crippen LogP contribution in [0.2, 0.25) is 0 Å². The van der Waals surface area contributed by atoms with Crippen molar-refractivity contribution in [3.05, 3.63) is 52.3 Å². The Balaban J connectivity index is 1.45. The Labute approximate surface area is 128 Å². The second-order valence-corrected chi connectivity index (χ2v) is 6.35. The van der Waals surface area contributed by atoms with Crippen LogP contribution in [0.1, 0.15) is 24.0 Å². The molecule has 0 radical (unpaired) electrons. The molecule has 1 aliphatic carbocycles. The van der Waals surface area contributed by atoms with Crippen molar-refractivity contribution in [2.75, 3.05) is 6.54 Å². The van der Waals surface area contributed by atoms with Gasteiger partial charge in [-0.15, -0.1) is 0 Å². The highest BCUT2D eigenvalue weighted by Gasteiger charge is 2.17. The van der Waals surface area contributed by atoms with E-state index < -0.39 is 0 Å². The number of aromatic nitrogens is 2. The molecule has 1 N–H and O–H groups in total. The van der Waals surface area contributed by atoms with Gasteiger partial charge >= 0.3 is 0 Å². The van der Waals surface area contributed by atoms with E-state index in [1.807, 2.05) is 23.1 Å². The molecule has 1 aromatic carbocycles. The molecule has 0 fully saturated rings. The largest absolute Gasteiger partial charge is 0.314 e. The molecule has 1 unspecified atom stereocenters. The third kappa shape index (κ3) is 3.49. The number of aryl methyl sites for hydroxylation is 2. The monoisotopic (exact) mass is 333 g/mol. The van der Waals surface area contributed by atoms with Crippen molar-refractivity contribution in [3.63, 3.8) is 0 Å². The fraction of sp³-hybridized carbons (Fsp3) is 0.438. The van der Waals surface area contributed by atoms with Gasteiger partial charge in [-0.1, -0.05) is 22.0 Å². The summed E-state index contributed by atoms with van der Waals surface area (Å²) < 4.78 is 3.19. The van der Waals surface area contributed by atoms with Crippen molar-refractivity contribution in [1.82, 2.24) is 15.1 Å². The predicted octanol–water partition coefficient (Wildman–Crippen LogP) is 3.18. The topological polar surface area (TPSA) is 29.9 Å². The van der Waals surface area contributed by atoms with Crippen molar-refractivity contribution in [1.29, 1.82) is 0 Å². The molecule has 20 heavy (non-hydrogen) atoms. The summed E-state index contributed by atoms with van der Waals surface area (Å²) in [4.78, 5) is 0. The Morgan fingerprint density at radius 2 is 2.30 bits per heavy atom. The van der Waals surface area contributed by atoms with Crippen LogP contribution < -0.4 is 5.32 Å². The summed E-state index contributed by atoms with van der Waals surface area (Å²) >= 11 is 3.55. The minimum Gasteiger partial charge on any atom is -0.314 e. The summed E-state index contributed by atoms with van der Waals surface area (Å²) in [6.45, 7) is 2.06. The molecule has 1 aromatic heterocycles. The quantitative estimate of drug-likeness (QED) is 0.851. The highest BCUT2D eigenvalue weighted by molar-refractivity contribution is 9.10. The second kappa shape index (κ2) is 6.55. The zero-order valence-corrected chi connectivity index (χ0v) is 13.1. The number of halogens is 1. The smallest absolute Gasteiger partial charge is 0.0489 e. The van der Waals surface area contributed by atoms with Crippen LogP contribution in [-0.2, 0) is 19.4 Å². The first-order chi connectivity index (χ1) is 9.81. The maximum Gasteiger partial charge on any atom is 0.0489 e. The van der Waals surface area contributed by atoms with Crippen molar-refractivity contribution in [3.8, 4) is 0 Å². The van der Waals surface area contributed by atoms with E-state index in [9.17, 15) is 0 Å². The number of hydrogen-bond acceptors (Lipinski definition) is 2. The van der Waals surface area contributed by atoms with Crippen LogP contribution >= 0.6 is 15.9 Å². The molecule has 3 rings (SSSR count). The second-order valence-electron chi connectivity index (χ2n) is 5.43. The first-order valence-electron chi connectivity index (χ1n) is 7.29. The first-order valence-corrected chi connectivity index (χ1v) is 8.09. The van der Waals surface area contributed by atoms with Crippen LogP contribution in [0.15, 0.2) is 41.1 Å². The standard InChI is InChI=1S/C16H20BrN3/c17-15-5-3-14-12-16(6-4-13(14)11-15)18-7-1-9-20-10-2-8-19-20/h2-3,5,8,10-11,16,18H,1,4,6-7,9,12H2. The Morgan fingerprint density at radius 1 is 1.35 bits per heavy atom. The molecule has 0 amide bonds. The van der Waals surface area contributed by atoms with Gasteiger partial charge < -0.3 is 5.32 Å². The first kappa shape index (κ1) is 13.8. The molecule has 0 aliphatic heterocycles. The maximum atomic E-state index is 4.22. The Bertz CT molecular complexity index is 551. The van der Waals surface area contributed by atoms with E-state index in [-0.39, 0.29) is 0 Å². The van der Waals surface area contributed by atoms with E-state index in [2.05, 4.69) is 44.5 Å². The van der Waals surface area contributed by atoms with Gasteiger partial charge in [0.25, 0.3) is 0 Å². The maximum absolute atomic E-state index is 4.22. The Kier molecular flexibility index (Phi) is 4.53. The van der Waals surface area contributed by atoms with Crippen LogP contribution in [-0.4, -0.2) is 22.4 Å². The fourth-order valence-electron chi connectivity index (χ4n) is 2.88. The molecule has 106 valence electrons. The highest BCUT2D eigenvalue weighted by Crippen LogP contribution is 2.24. The summed E-state index contributed by atoms with van der Waals surface area (Å²) in [5, 5.41) is 7.91. The van der Waals surface area contributed by atoms with E-state index in [1.54, 1.807) is 0 Å². The molecule has 0 saturated carbocycles. The molecule has 2 aromatic rings. The minimum absolute atomic E-state index is 0.626. The molecule has 0 saturated heterocycles. The van der Waals surface area contributed by atoms with Crippen LogP contribution in [0.5, 0.6) is 0 Å². The molecule has 1 atom stereocenters. The van der Waals surface area contributed by atoms with Gasteiger partial charge in [0.15, 0.2) is 0 Å². The number of hydrogen-bond donors (Lipinski definition) is 1. The number of rotatable bonds is 5. The molecule has 0 spiro atoms. The molecule has 1 heterocycles. The zero-order valence-electron chi connectivity index (χ0n) is 11.6. The van der Waals surface area contributed by atoms with E-state index in [4.69, 9.17) is 0 Å². The summed E-state index contributed by atoms with van der Waals surface area (Å²) in [5.41, 5.74) is 3.01. The van der Waals surface area contributed by atoms with Crippen LogP contribution in [0.25, 0.3) is 0 Å². The summed E-state index contributed by atoms with van der Waals surface area (Å²) in [5.74, 6) is 0. The Hall–Kier alpha value is -1.13. The van der Waals surface area contributed by atoms with Gasteiger partial charge in [0.1, 0.15) is 0 Å². The molecule has 4 heteroatoms. The number of nitrogens with one attached hydrogen (secondary N) is 1. The molecule has 3 nitrogen and oxygen atoms in total. The van der Waals surface area contributed by atoms with Crippen molar-refractivity contribution in [2.24, 2.45) is 0 Å². The Morgan fingerprint density at radius 3 is 3.15 bits per heavy atom. The van der Waals surface area contributed by atoms with Crippen molar-refractivity contribution >= 4 is 15.9 Å². The SMILES string of the molecule is Brc1ccc2c(c1)CCC(NCCCn1cccn1)C2. The van der Waals surface area contributed by atoms with Crippen LogP contribution in [0, 0.1) is 0 Å². The van der Waals surface area contributed by atoms with Crippen molar-refractivity contribution < 1.29 is 0 Å². The van der Waals surface area contributed by atoms with Crippen molar-refractivity contribution in [2.45, 2.75) is 38.3 Å². The van der Waals surface area contributed by atoms with E-state index in [0.717, 1.165) is 25.9 Å². The van der Waals surface area contributed by atoms with Gasteiger partial charge in [-0.2, -0.15) is 5.10 Å². The molecular weight excluding hydrogens is 314 g/mol.